The van der Waals surface area contributed by atoms with Crippen molar-refractivity contribution in [2.45, 2.75) is 32.7 Å². The van der Waals surface area contributed by atoms with Gasteiger partial charge in [-0.1, -0.05) is 34.1 Å². The van der Waals surface area contributed by atoms with Gasteiger partial charge in [-0.05, 0) is 61.6 Å². The van der Waals surface area contributed by atoms with Crippen molar-refractivity contribution in [3.63, 3.8) is 0 Å². The first kappa shape index (κ1) is 14.5. The van der Waals surface area contributed by atoms with Gasteiger partial charge in [-0.15, -0.1) is 0 Å². The molecule has 2 aromatic carbocycles. The molecular weight excluding hydrogens is 326 g/mol. The first-order valence-electron chi connectivity index (χ1n) is 7.46. The Bertz CT molecular complexity index is 654. The Morgan fingerprint density at radius 1 is 1.29 bits per heavy atom. The van der Waals surface area contributed by atoms with E-state index in [0.717, 1.165) is 24.3 Å². The predicted octanol–water partition coefficient (Wildman–Crippen LogP) is 5.26. The fourth-order valence-corrected chi connectivity index (χ4v) is 3.55. The smallest absolute Gasteiger partial charge is 0.142 e. The summed E-state index contributed by atoms with van der Waals surface area (Å²) in [6, 6.07) is 13.2. The second kappa shape index (κ2) is 6.10. The highest BCUT2D eigenvalue weighted by molar-refractivity contribution is 9.10. The Morgan fingerprint density at radius 3 is 2.95 bits per heavy atom. The summed E-state index contributed by atoms with van der Waals surface area (Å²) in [5.74, 6) is 0.945. The third-order valence-electron chi connectivity index (χ3n) is 3.98. The van der Waals surface area contributed by atoms with E-state index in [0.29, 0.717) is 12.6 Å². The second-order valence-corrected chi connectivity index (χ2v) is 6.33. The molecule has 1 unspecified atom stereocenters. The molecule has 1 aliphatic rings. The molecular formula is C18H20BrNO. The molecule has 0 aliphatic heterocycles. The molecule has 1 atom stereocenters. The maximum atomic E-state index is 5.77. The molecule has 0 saturated heterocycles. The first-order valence-corrected chi connectivity index (χ1v) is 8.25. The van der Waals surface area contributed by atoms with Gasteiger partial charge in [-0.25, -0.2) is 0 Å². The molecule has 0 bridgehead atoms. The number of ether oxygens (including phenoxy) is 1. The van der Waals surface area contributed by atoms with Crippen LogP contribution in [0.2, 0.25) is 0 Å². The lowest BCUT2D eigenvalue weighted by atomic mass is 10.1. The molecule has 0 heterocycles. The summed E-state index contributed by atoms with van der Waals surface area (Å²) in [5, 5.41) is 3.66. The topological polar surface area (TPSA) is 21.3 Å². The van der Waals surface area contributed by atoms with Crippen LogP contribution in [0.4, 0.5) is 5.69 Å². The van der Waals surface area contributed by atoms with E-state index in [4.69, 9.17) is 4.74 Å². The minimum atomic E-state index is 0.361. The highest BCUT2D eigenvalue weighted by Crippen LogP contribution is 2.39. The van der Waals surface area contributed by atoms with E-state index in [-0.39, 0.29) is 0 Å². The Kier molecular flexibility index (Phi) is 4.20. The van der Waals surface area contributed by atoms with E-state index < -0.39 is 0 Å². The zero-order chi connectivity index (χ0) is 14.8. The fraction of sp³-hybridized carbons (Fsp3) is 0.333. The average Bonchev–Trinajstić information content (AvgIpc) is 2.87. The molecule has 21 heavy (non-hydrogen) atoms. The molecule has 0 saturated carbocycles. The van der Waals surface area contributed by atoms with Gasteiger partial charge in [0.2, 0.25) is 0 Å². The van der Waals surface area contributed by atoms with Crippen LogP contribution in [0.15, 0.2) is 40.9 Å². The van der Waals surface area contributed by atoms with Crippen molar-refractivity contribution in [1.29, 1.82) is 0 Å². The molecule has 2 nitrogen and oxygen atoms in total. The van der Waals surface area contributed by atoms with Gasteiger partial charge in [-0.2, -0.15) is 0 Å². The number of halogens is 1. The van der Waals surface area contributed by atoms with Gasteiger partial charge in [0.05, 0.1) is 18.3 Å². The van der Waals surface area contributed by atoms with E-state index in [9.17, 15) is 0 Å². The van der Waals surface area contributed by atoms with Gasteiger partial charge in [0, 0.05) is 4.47 Å². The SMILES string of the molecule is CCOc1cc(C)ccc1NC1CCc2c(Br)cccc21. The Balaban J connectivity index is 1.88. The number of benzene rings is 2. The Labute approximate surface area is 134 Å². The summed E-state index contributed by atoms with van der Waals surface area (Å²) >= 11 is 3.66. The van der Waals surface area contributed by atoms with Crippen LogP contribution in [0.5, 0.6) is 5.75 Å². The van der Waals surface area contributed by atoms with E-state index in [1.807, 2.05) is 6.92 Å². The van der Waals surface area contributed by atoms with Crippen LogP contribution in [-0.2, 0) is 6.42 Å². The van der Waals surface area contributed by atoms with Crippen molar-refractivity contribution >= 4 is 21.6 Å². The molecule has 110 valence electrons. The van der Waals surface area contributed by atoms with Gasteiger partial charge in [-0.3, -0.25) is 0 Å². The number of hydrogen-bond donors (Lipinski definition) is 1. The molecule has 2 aromatic rings. The lowest BCUT2D eigenvalue weighted by Crippen LogP contribution is -2.09. The van der Waals surface area contributed by atoms with Crippen molar-refractivity contribution in [2.24, 2.45) is 0 Å². The number of anilines is 1. The van der Waals surface area contributed by atoms with Gasteiger partial charge < -0.3 is 10.1 Å². The summed E-state index contributed by atoms with van der Waals surface area (Å²) < 4.78 is 6.99. The highest BCUT2D eigenvalue weighted by Gasteiger charge is 2.24. The number of nitrogens with one attached hydrogen (secondary N) is 1. The van der Waals surface area contributed by atoms with E-state index in [1.165, 1.54) is 21.2 Å². The number of aryl methyl sites for hydroxylation is 1. The van der Waals surface area contributed by atoms with E-state index >= 15 is 0 Å². The van der Waals surface area contributed by atoms with Crippen molar-refractivity contribution < 1.29 is 4.74 Å². The maximum Gasteiger partial charge on any atom is 0.142 e. The largest absolute Gasteiger partial charge is 0.492 e. The van der Waals surface area contributed by atoms with Crippen molar-refractivity contribution in [3.05, 3.63) is 57.6 Å². The van der Waals surface area contributed by atoms with E-state index in [1.54, 1.807) is 0 Å². The molecule has 3 heteroatoms. The van der Waals surface area contributed by atoms with Crippen LogP contribution >= 0.6 is 15.9 Å². The first-order chi connectivity index (χ1) is 10.2. The maximum absolute atomic E-state index is 5.77. The highest BCUT2D eigenvalue weighted by atomic mass is 79.9. The Morgan fingerprint density at radius 2 is 2.14 bits per heavy atom. The zero-order valence-electron chi connectivity index (χ0n) is 12.4. The molecule has 3 rings (SSSR count). The molecule has 0 fully saturated rings. The van der Waals surface area contributed by atoms with E-state index in [2.05, 4.69) is 64.6 Å². The van der Waals surface area contributed by atoms with Crippen LogP contribution in [0.3, 0.4) is 0 Å². The lowest BCUT2D eigenvalue weighted by Gasteiger charge is -2.19. The molecule has 0 spiro atoms. The molecule has 0 aromatic heterocycles. The third kappa shape index (κ3) is 2.93. The lowest BCUT2D eigenvalue weighted by molar-refractivity contribution is 0.341. The van der Waals surface area contributed by atoms with Gasteiger partial charge in [0.15, 0.2) is 0 Å². The van der Waals surface area contributed by atoms with Crippen LogP contribution in [0, 0.1) is 6.92 Å². The van der Waals surface area contributed by atoms with Crippen molar-refractivity contribution in [2.75, 3.05) is 11.9 Å². The monoisotopic (exact) mass is 345 g/mol. The number of rotatable bonds is 4. The van der Waals surface area contributed by atoms with Crippen molar-refractivity contribution in [3.8, 4) is 5.75 Å². The molecule has 1 aliphatic carbocycles. The zero-order valence-corrected chi connectivity index (χ0v) is 14.0. The minimum absolute atomic E-state index is 0.361. The molecule has 1 N–H and O–H groups in total. The van der Waals surface area contributed by atoms with Gasteiger partial charge in [0.25, 0.3) is 0 Å². The Hall–Kier alpha value is -1.48. The summed E-state index contributed by atoms with van der Waals surface area (Å²) in [5.41, 5.74) is 5.13. The summed E-state index contributed by atoms with van der Waals surface area (Å²) in [7, 11) is 0. The summed E-state index contributed by atoms with van der Waals surface area (Å²) in [6.07, 6.45) is 2.24. The van der Waals surface area contributed by atoms with Gasteiger partial charge >= 0.3 is 0 Å². The van der Waals surface area contributed by atoms with Crippen LogP contribution in [0.25, 0.3) is 0 Å². The quantitative estimate of drug-likeness (QED) is 0.816. The fourth-order valence-electron chi connectivity index (χ4n) is 2.97. The predicted molar refractivity (Wildman–Crippen MR) is 91.2 cm³/mol. The third-order valence-corrected chi connectivity index (χ3v) is 4.72. The minimum Gasteiger partial charge on any atom is -0.492 e. The average molecular weight is 346 g/mol. The molecule has 0 radical (unpaired) electrons. The number of fused-ring (bicyclic) bond motifs is 1. The summed E-state index contributed by atoms with van der Waals surface area (Å²) in [6.45, 7) is 4.80. The van der Waals surface area contributed by atoms with Crippen LogP contribution in [0.1, 0.15) is 36.1 Å². The normalized spacial score (nSPS) is 16.6. The van der Waals surface area contributed by atoms with Crippen LogP contribution in [-0.4, -0.2) is 6.61 Å². The van der Waals surface area contributed by atoms with Crippen molar-refractivity contribution in [1.82, 2.24) is 0 Å². The second-order valence-electron chi connectivity index (χ2n) is 5.48. The molecule has 0 amide bonds. The van der Waals surface area contributed by atoms with Gasteiger partial charge in [0.1, 0.15) is 5.75 Å². The van der Waals surface area contributed by atoms with Crippen LogP contribution < -0.4 is 10.1 Å². The standard InChI is InChI=1S/C18H20BrNO/c1-3-21-18-11-12(2)7-9-17(18)20-16-10-8-13-14(16)5-4-6-15(13)19/h4-7,9,11,16,20H,3,8,10H2,1-2H3. The summed E-state index contributed by atoms with van der Waals surface area (Å²) in [4.78, 5) is 0. The number of hydrogen-bond acceptors (Lipinski definition) is 2.